The quantitative estimate of drug-likeness (QED) is 0.411. The number of ether oxygens (including phenoxy) is 1. The Bertz CT molecular complexity index is 1660. The van der Waals surface area contributed by atoms with Crippen LogP contribution in [0.5, 0.6) is 5.75 Å². The first-order valence-corrected chi connectivity index (χ1v) is 13.1. The van der Waals surface area contributed by atoms with E-state index in [1.165, 1.54) is 6.07 Å². The Morgan fingerprint density at radius 2 is 1.90 bits per heavy atom. The number of likely N-dealkylation sites (tertiary alicyclic amines) is 1. The highest BCUT2D eigenvalue weighted by Crippen LogP contribution is 2.57. The predicted molar refractivity (Wildman–Crippen MR) is 141 cm³/mol. The van der Waals surface area contributed by atoms with Gasteiger partial charge >= 0.3 is 0 Å². The summed E-state index contributed by atoms with van der Waals surface area (Å²) in [6.07, 6.45) is 3.04. The summed E-state index contributed by atoms with van der Waals surface area (Å²) in [5, 5.41) is 8.58. The number of carbonyl (C=O) groups excluding carboxylic acids is 2. The number of rotatable bonds is 1. The minimum absolute atomic E-state index is 0.0821. The third-order valence-electron chi connectivity index (χ3n) is 7.97. The molecule has 1 fully saturated rings. The van der Waals surface area contributed by atoms with Gasteiger partial charge < -0.3 is 19.5 Å². The topological polar surface area (TPSA) is 113 Å². The van der Waals surface area contributed by atoms with E-state index in [0.29, 0.717) is 37.6 Å². The van der Waals surface area contributed by atoms with E-state index in [4.69, 9.17) is 4.74 Å². The fourth-order valence-electron chi connectivity index (χ4n) is 6.33. The molecule has 10 heteroatoms. The molecule has 39 heavy (non-hydrogen) atoms. The van der Waals surface area contributed by atoms with Gasteiger partial charge in [-0.1, -0.05) is 41.6 Å². The number of nitrogens with one attached hydrogen (secondary N) is 1. The van der Waals surface area contributed by atoms with Crippen molar-refractivity contribution in [1.82, 2.24) is 24.9 Å². The maximum atomic E-state index is 14.6. The number of hydrogen-bond acceptors (Lipinski definition) is 6. The fraction of sp³-hybridized carbons (Fsp3) is 0.276. The predicted octanol–water partition coefficient (Wildman–Crippen LogP) is 2.82. The van der Waals surface area contributed by atoms with Crippen molar-refractivity contribution >= 4 is 17.5 Å². The first kappa shape index (κ1) is 23.4. The molecular weight excluding hydrogens is 496 g/mol. The largest absolute Gasteiger partial charge is 0.494 e. The van der Waals surface area contributed by atoms with Crippen LogP contribution in [0.2, 0.25) is 0 Å². The second kappa shape index (κ2) is 8.93. The molecule has 1 saturated heterocycles. The molecule has 6 bridgehead atoms. The first-order valence-electron chi connectivity index (χ1n) is 13.1. The van der Waals surface area contributed by atoms with Crippen molar-refractivity contribution in [3.63, 3.8) is 0 Å². The lowest BCUT2D eigenvalue weighted by Gasteiger charge is -2.35. The molecule has 5 heterocycles. The van der Waals surface area contributed by atoms with E-state index in [1.807, 2.05) is 54.7 Å². The van der Waals surface area contributed by atoms with Crippen LogP contribution < -0.4 is 15.2 Å². The van der Waals surface area contributed by atoms with Crippen molar-refractivity contribution in [3.05, 3.63) is 106 Å². The summed E-state index contributed by atoms with van der Waals surface area (Å²) >= 11 is 0. The summed E-state index contributed by atoms with van der Waals surface area (Å²) in [7, 11) is 0. The van der Waals surface area contributed by atoms with Crippen LogP contribution in [-0.4, -0.2) is 49.8 Å². The molecule has 2 aromatic heterocycles. The molecule has 2 atom stereocenters. The van der Waals surface area contributed by atoms with E-state index >= 15 is 0 Å². The van der Waals surface area contributed by atoms with Crippen LogP contribution in [0.1, 0.15) is 46.2 Å². The van der Waals surface area contributed by atoms with Crippen LogP contribution in [0.15, 0.2) is 77.7 Å². The Labute approximate surface area is 223 Å². The molecule has 4 aromatic rings. The van der Waals surface area contributed by atoms with Gasteiger partial charge in [-0.25, -0.2) is 0 Å². The fourth-order valence-corrected chi connectivity index (χ4v) is 6.33. The first-order chi connectivity index (χ1) is 19.0. The number of nitrogens with zero attached hydrogens (tertiary/aromatic N) is 5. The van der Waals surface area contributed by atoms with Gasteiger partial charge in [-0.3, -0.25) is 19.1 Å². The molecule has 0 unspecified atom stereocenters. The van der Waals surface area contributed by atoms with Crippen molar-refractivity contribution in [3.8, 4) is 5.75 Å². The van der Waals surface area contributed by atoms with Gasteiger partial charge in [-0.15, -0.1) is 5.10 Å². The number of para-hydroxylation sites is 1. The van der Waals surface area contributed by atoms with Gasteiger partial charge in [0.05, 0.1) is 25.4 Å². The van der Waals surface area contributed by atoms with Crippen molar-refractivity contribution in [2.24, 2.45) is 0 Å². The summed E-state index contributed by atoms with van der Waals surface area (Å²) < 4.78 is 7.86. The minimum Gasteiger partial charge on any atom is -0.494 e. The molecule has 2 amide bonds. The van der Waals surface area contributed by atoms with E-state index < -0.39 is 11.5 Å². The standard InChI is InChI=1S/C29H26N6O4/c36-25-11-4-9-23(30-25)27(37)34-14-12-29-22-8-1-2-10-24(22)35(28(29)38)18-20-17-33(32-31-20)13-5-15-39-21-7-3-6-19(16-21)26(29)34/h1-4,6-11,16-17,26H,5,12-15,18H2,(H,30,36)/t26-,29-/m0/s1. The van der Waals surface area contributed by atoms with E-state index in [9.17, 15) is 14.4 Å². The molecule has 3 aliphatic rings. The van der Waals surface area contributed by atoms with Gasteiger partial charge in [0.1, 0.15) is 22.6 Å². The Morgan fingerprint density at radius 3 is 2.79 bits per heavy atom. The molecule has 1 spiro atoms. The Balaban J connectivity index is 1.43. The average molecular weight is 523 g/mol. The summed E-state index contributed by atoms with van der Waals surface area (Å²) in [6.45, 7) is 1.74. The van der Waals surface area contributed by atoms with E-state index in [1.54, 1.807) is 26.6 Å². The molecule has 7 rings (SSSR count). The molecule has 0 aliphatic carbocycles. The van der Waals surface area contributed by atoms with Gasteiger partial charge in [0.2, 0.25) is 11.5 Å². The number of carbonyl (C=O) groups is 2. The van der Waals surface area contributed by atoms with Crippen molar-refractivity contribution in [1.29, 1.82) is 0 Å². The SMILES string of the molecule is O=C(c1cccc(=O)[nH]1)N1CC[C@@]23C(=O)N(Cc4cn(nn4)CCCOc4cccc(c4)[C@H]12)c1ccccc13. The van der Waals surface area contributed by atoms with Crippen molar-refractivity contribution < 1.29 is 14.3 Å². The highest BCUT2D eigenvalue weighted by Gasteiger charge is 2.61. The van der Waals surface area contributed by atoms with Crippen LogP contribution in [0.3, 0.4) is 0 Å². The maximum Gasteiger partial charge on any atom is 0.270 e. The summed E-state index contributed by atoms with van der Waals surface area (Å²) in [4.78, 5) is 46.8. The Morgan fingerprint density at radius 1 is 1.03 bits per heavy atom. The monoisotopic (exact) mass is 522 g/mol. The van der Waals surface area contributed by atoms with Crippen LogP contribution in [0, 0.1) is 0 Å². The van der Waals surface area contributed by atoms with Crippen molar-refractivity contribution in [2.45, 2.75) is 37.4 Å². The Kier molecular flexibility index (Phi) is 5.36. The van der Waals surface area contributed by atoms with Gasteiger partial charge in [-0.2, -0.15) is 0 Å². The zero-order chi connectivity index (χ0) is 26.6. The number of hydrogen-bond donors (Lipinski definition) is 1. The number of amides is 2. The molecule has 196 valence electrons. The molecule has 0 radical (unpaired) electrons. The number of aryl methyl sites for hydroxylation is 1. The number of anilines is 1. The highest BCUT2D eigenvalue weighted by molar-refractivity contribution is 6.09. The minimum atomic E-state index is -1.02. The number of benzene rings is 2. The smallest absolute Gasteiger partial charge is 0.270 e. The van der Waals surface area contributed by atoms with E-state index in [-0.39, 0.29) is 29.6 Å². The highest BCUT2D eigenvalue weighted by atomic mass is 16.5. The number of H-pyrrole nitrogens is 1. The number of pyridine rings is 1. The average Bonchev–Trinajstić information content (AvgIpc) is 3.63. The third kappa shape index (κ3) is 3.66. The third-order valence-corrected chi connectivity index (χ3v) is 7.97. The van der Waals surface area contributed by atoms with Crippen LogP contribution in [0.25, 0.3) is 0 Å². The summed E-state index contributed by atoms with van der Waals surface area (Å²) in [5.41, 5.74) is 2.00. The van der Waals surface area contributed by atoms with Gasteiger partial charge in [0.25, 0.3) is 5.91 Å². The van der Waals surface area contributed by atoms with Crippen LogP contribution in [-0.2, 0) is 23.3 Å². The summed E-state index contributed by atoms with van der Waals surface area (Å²) in [5.74, 6) is 0.256. The zero-order valence-electron chi connectivity index (χ0n) is 21.1. The van der Waals surface area contributed by atoms with E-state index in [2.05, 4.69) is 15.3 Å². The van der Waals surface area contributed by atoms with Gasteiger partial charge in [0, 0.05) is 31.3 Å². The molecule has 1 N–H and O–H groups in total. The number of aromatic amines is 1. The van der Waals surface area contributed by atoms with Crippen molar-refractivity contribution in [2.75, 3.05) is 18.1 Å². The van der Waals surface area contributed by atoms with Gasteiger partial charge in [-0.05, 0) is 41.8 Å². The molecular formula is C29H26N6O4. The lowest BCUT2D eigenvalue weighted by Crippen LogP contribution is -2.45. The summed E-state index contributed by atoms with van der Waals surface area (Å²) in [6, 6.07) is 19.4. The lowest BCUT2D eigenvalue weighted by molar-refractivity contribution is -0.124. The molecule has 10 nitrogen and oxygen atoms in total. The molecule has 0 saturated carbocycles. The molecule has 2 aromatic carbocycles. The Hall–Kier alpha value is -4.73. The maximum absolute atomic E-state index is 14.6. The normalized spacial score (nSPS) is 21.9. The number of aromatic nitrogens is 4. The zero-order valence-corrected chi connectivity index (χ0v) is 21.1. The number of fused-ring (bicyclic) bond motifs is 8. The van der Waals surface area contributed by atoms with Crippen LogP contribution in [0.4, 0.5) is 5.69 Å². The van der Waals surface area contributed by atoms with Crippen LogP contribution >= 0.6 is 0 Å². The second-order valence-corrected chi connectivity index (χ2v) is 10.2. The van der Waals surface area contributed by atoms with E-state index in [0.717, 1.165) is 23.2 Å². The lowest BCUT2D eigenvalue weighted by atomic mass is 9.72. The second-order valence-electron chi connectivity index (χ2n) is 10.2. The van der Waals surface area contributed by atoms with Gasteiger partial charge in [0.15, 0.2) is 0 Å². The molecule has 3 aliphatic heterocycles.